The first-order chi connectivity index (χ1) is 11.3. The van der Waals surface area contributed by atoms with E-state index in [9.17, 15) is 4.39 Å². The Morgan fingerprint density at radius 1 is 0.913 bits per heavy atom. The standard InChI is InChI=1S/C19H20FN3/c20-17-5-1-15(2-6-17)16-3-7-18(8-4-16)22-11-12-23(14-22)19-9-10-21-13-19/h1-8,11-12,19,21H,9-10,13-14H2/t19-/m0/s1. The van der Waals surface area contributed by atoms with Gasteiger partial charge in [0.2, 0.25) is 0 Å². The van der Waals surface area contributed by atoms with Gasteiger partial charge in [0.15, 0.2) is 0 Å². The van der Waals surface area contributed by atoms with Crippen LogP contribution in [0.2, 0.25) is 0 Å². The molecular formula is C19H20FN3. The third kappa shape index (κ3) is 2.94. The van der Waals surface area contributed by atoms with Crippen LogP contribution in [0.1, 0.15) is 6.42 Å². The van der Waals surface area contributed by atoms with Crippen molar-refractivity contribution in [3.8, 4) is 11.1 Å². The van der Waals surface area contributed by atoms with Crippen molar-refractivity contribution in [1.29, 1.82) is 0 Å². The predicted octanol–water partition coefficient (Wildman–Crippen LogP) is 3.41. The number of nitrogens with one attached hydrogen (secondary N) is 1. The van der Waals surface area contributed by atoms with Gasteiger partial charge in [-0.1, -0.05) is 24.3 Å². The highest BCUT2D eigenvalue weighted by Crippen LogP contribution is 2.26. The van der Waals surface area contributed by atoms with E-state index in [0.717, 1.165) is 30.9 Å². The lowest BCUT2D eigenvalue weighted by Gasteiger charge is -2.26. The highest BCUT2D eigenvalue weighted by Gasteiger charge is 2.24. The molecule has 1 N–H and O–H groups in total. The minimum atomic E-state index is -0.200. The van der Waals surface area contributed by atoms with Crippen molar-refractivity contribution < 1.29 is 4.39 Å². The monoisotopic (exact) mass is 309 g/mol. The summed E-state index contributed by atoms with van der Waals surface area (Å²) in [5, 5.41) is 3.41. The molecule has 0 radical (unpaired) electrons. The Kier molecular flexibility index (Phi) is 3.75. The summed E-state index contributed by atoms with van der Waals surface area (Å²) < 4.78 is 13.0. The van der Waals surface area contributed by atoms with E-state index in [1.54, 1.807) is 0 Å². The molecule has 2 aliphatic rings. The van der Waals surface area contributed by atoms with Gasteiger partial charge in [0, 0.05) is 30.7 Å². The third-order valence-electron chi connectivity index (χ3n) is 4.63. The molecule has 3 nitrogen and oxygen atoms in total. The van der Waals surface area contributed by atoms with Crippen LogP contribution >= 0.6 is 0 Å². The van der Waals surface area contributed by atoms with Gasteiger partial charge in [-0.05, 0) is 48.4 Å². The van der Waals surface area contributed by atoms with Crippen LogP contribution in [0, 0.1) is 5.82 Å². The molecule has 4 heteroatoms. The maximum absolute atomic E-state index is 13.0. The van der Waals surface area contributed by atoms with Crippen LogP contribution in [0.4, 0.5) is 10.1 Å². The average Bonchev–Trinajstić information content (AvgIpc) is 3.27. The molecule has 2 aliphatic heterocycles. The molecule has 0 saturated carbocycles. The van der Waals surface area contributed by atoms with Crippen molar-refractivity contribution in [2.45, 2.75) is 12.5 Å². The van der Waals surface area contributed by atoms with Crippen LogP contribution in [0.3, 0.4) is 0 Å². The molecule has 1 fully saturated rings. The third-order valence-corrected chi connectivity index (χ3v) is 4.63. The smallest absolute Gasteiger partial charge is 0.123 e. The van der Waals surface area contributed by atoms with Crippen molar-refractivity contribution in [2.75, 3.05) is 24.7 Å². The molecule has 0 unspecified atom stereocenters. The molecule has 0 amide bonds. The van der Waals surface area contributed by atoms with E-state index in [1.807, 2.05) is 12.1 Å². The molecule has 0 bridgehead atoms. The lowest BCUT2D eigenvalue weighted by molar-refractivity contribution is 0.315. The first-order valence-corrected chi connectivity index (χ1v) is 8.07. The number of benzene rings is 2. The first-order valence-electron chi connectivity index (χ1n) is 8.07. The van der Waals surface area contributed by atoms with Gasteiger partial charge in [-0.2, -0.15) is 0 Å². The van der Waals surface area contributed by atoms with E-state index in [-0.39, 0.29) is 5.82 Å². The number of anilines is 1. The maximum atomic E-state index is 13.0. The van der Waals surface area contributed by atoms with Crippen LogP contribution in [-0.4, -0.2) is 30.7 Å². The molecule has 1 atom stereocenters. The molecule has 4 rings (SSSR count). The SMILES string of the molecule is Fc1ccc(-c2ccc(N3C=CN([C@H]4CCNC4)C3)cc2)cc1. The predicted molar refractivity (Wildman–Crippen MR) is 91.4 cm³/mol. The van der Waals surface area contributed by atoms with Gasteiger partial charge in [-0.3, -0.25) is 0 Å². The summed E-state index contributed by atoms with van der Waals surface area (Å²) in [6.45, 7) is 3.09. The average molecular weight is 309 g/mol. The zero-order valence-corrected chi connectivity index (χ0v) is 13.0. The van der Waals surface area contributed by atoms with Crippen LogP contribution in [0.15, 0.2) is 60.9 Å². The van der Waals surface area contributed by atoms with Crippen LogP contribution in [-0.2, 0) is 0 Å². The summed E-state index contributed by atoms with van der Waals surface area (Å²) in [7, 11) is 0. The number of hydrogen-bond donors (Lipinski definition) is 1. The van der Waals surface area contributed by atoms with E-state index >= 15 is 0 Å². The highest BCUT2D eigenvalue weighted by molar-refractivity contribution is 5.66. The Morgan fingerprint density at radius 2 is 1.61 bits per heavy atom. The fraction of sp³-hybridized carbons (Fsp3) is 0.263. The zero-order chi connectivity index (χ0) is 15.6. The molecule has 0 spiro atoms. The summed E-state index contributed by atoms with van der Waals surface area (Å²) in [4.78, 5) is 4.65. The Morgan fingerprint density at radius 3 is 2.26 bits per heavy atom. The van der Waals surface area contributed by atoms with Crippen molar-refractivity contribution >= 4 is 5.69 Å². The van der Waals surface area contributed by atoms with Gasteiger partial charge in [0.1, 0.15) is 5.82 Å². The van der Waals surface area contributed by atoms with Crippen molar-refractivity contribution in [3.05, 3.63) is 66.7 Å². The van der Waals surface area contributed by atoms with Gasteiger partial charge in [0.25, 0.3) is 0 Å². The summed E-state index contributed by atoms with van der Waals surface area (Å²) >= 11 is 0. The second-order valence-corrected chi connectivity index (χ2v) is 6.12. The molecule has 2 heterocycles. The molecule has 2 aromatic rings. The summed E-state index contributed by atoms with van der Waals surface area (Å²) in [6.07, 6.45) is 5.54. The van der Waals surface area contributed by atoms with Crippen molar-refractivity contribution in [2.24, 2.45) is 0 Å². The van der Waals surface area contributed by atoms with Crippen molar-refractivity contribution in [1.82, 2.24) is 10.2 Å². The van der Waals surface area contributed by atoms with Crippen LogP contribution < -0.4 is 10.2 Å². The lowest BCUT2D eigenvalue weighted by atomic mass is 10.1. The van der Waals surface area contributed by atoms with Crippen LogP contribution in [0.25, 0.3) is 11.1 Å². The fourth-order valence-electron chi connectivity index (χ4n) is 3.25. The largest absolute Gasteiger partial charge is 0.354 e. The Bertz CT molecular complexity index is 688. The number of rotatable bonds is 3. The molecule has 1 saturated heterocycles. The first kappa shape index (κ1) is 14.3. The fourth-order valence-corrected chi connectivity index (χ4v) is 3.25. The molecular weight excluding hydrogens is 289 g/mol. The van der Waals surface area contributed by atoms with Gasteiger partial charge < -0.3 is 15.1 Å². The molecule has 23 heavy (non-hydrogen) atoms. The lowest BCUT2D eigenvalue weighted by Crippen LogP contribution is -2.35. The molecule has 2 aromatic carbocycles. The topological polar surface area (TPSA) is 18.5 Å². The number of nitrogens with zero attached hydrogens (tertiary/aromatic N) is 2. The van der Waals surface area contributed by atoms with Gasteiger partial charge >= 0.3 is 0 Å². The van der Waals surface area contributed by atoms with E-state index < -0.39 is 0 Å². The second kappa shape index (κ2) is 6.05. The molecule has 0 aromatic heterocycles. The number of hydrogen-bond acceptors (Lipinski definition) is 3. The minimum Gasteiger partial charge on any atom is -0.354 e. The number of halogens is 1. The highest BCUT2D eigenvalue weighted by atomic mass is 19.1. The van der Waals surface area contributed by atoms with E-state index in [1.165, 1.54) is 24.2 Å². The minimum absolute atomic E-state index is 0.200. The summed E-state index contributed by atoms with van der Waals surface area (Å²) in [5.74, 6) is -0.200. The van der Waals surface area contributed by atoms with Crippen molar-refractivity contribution in [3.63, 3.8) is 0 Å². The van der Waals surface area contributed by atoms with E-state index in [0.29, 0.717) is 6.04 Å². The molecule has 0 aliphatic carbocycles. The summed E-state index contributed by atoms with van der Waals surface area (Å²) in [6, 6.07) is 15.7. The second-order valence-electron chi connectivity index (χ2n) is 6.12. The zero-order valence-electron chi connectivity index (χ0n) is 13.0. The summed E-state index contributed by atoms with van der Waals surface area (Å²) in [5.41, 5.74) is 3.32. The quantitative estimate of drug-likeness (QED) is 0.937. The Hall–Kier alpha value is -2.33. The Balaban J connectivity index is 1.46. The van der Waals surface area contributed by atoms with Gasteiger partial charge in [0.05, 0.1) is 6.67 Å². The maximum Gasteiger partial charge on any atom is 0.123 e. The van der Waals surface area contributed by atoms with Crippen LogP contribution in [0.5, 0.6) is 0 Å². The van der Waals surface area contributed by atoms with Gasteiger partial charge in [-0.25, -0.2) is 4.39 Å². The van der Waals surface area contributed by atoms with Gasteiger partial charge in [-0.15, -0.1) is 0 Å². The normalized spacial score (nSPS) is 20.5. The van der Waals surface area contributed by atoms with E-state index in [4.69, 9.17) is 0 Å². The Labute approximate surface area is 136 Å². The van der Waals surface area contributed by atoms with E-state index in [2.05, 4.69) is 51.8 Å². The molecule has 118 valence electrons.